The van der Waals surface area contributed by atoms with Crippen LogP contribution in [0.4, 0.5) is 0 Å². The third kappa shape index (κ3) is 4.64. The fraction of sp³-hybridized carbons (Fsp3) is 0.150. The molecule has 4 aromatic heterocycles. The molecule has 0 atom stereocenters. The van der Waals surface area contributed by atoms with E-state index < -0.39 is 0 Å². The van der Waals surface area contributed by atoms with Crippen LogP contribution in [-0.4, -0.2) is 43.8 Å². The summed E-state index contributed by atoms with van der Waals surface area (Å²) in [6.07, 6.45) is 8.42. The molecule has 0 aliphatic heterocycles. The van der Waals surface area contributed by atoms with Crippen molar-refractivity contribution in [3.8, 4) is 27.7 Å². The maximum Gasteiger partial charge on any atom is 0.258 e. The van der Waals surface area contributed by atoms with Crippen LogP contribution in [0, 0.1) is 0 Å². The van der Waals surface area contributed by atoms with Gasteiger partial charge in [0.05, 0.1) is 35.2 Å². The summed E-state index contributed by atoms with van der Waals surface area (Å²) in [7, 11) is 0. The van der Waals surface area contributed by atoms with Gasteiger partial charge in [-0.05, 0) is 17.5 Å². The van der Waals surface area contributed by atoms with Crippen LogP contribution < -0.4 is 10.1 Å². The number of thiophene rings is 1. The van der Waals surface area contributed by atoms with Gasteiger partial charge in [0, 0.05) is 36.8 Å². The molecular formula is C20H18N6O2S. The lowest BCUT2D eigenvalue weighted by atomic mass is 10.1. The molecule has 4 aromatic rings. The van der Waals surface area contributed by atoms with Crippen molar-refractivity contribution in [2.75, 3.05) is 13.2 Å². The van der Waals surface area contributed by atoms with Crippen LogP contribution in [-0.2, 0) is 11.3 Å². The van der Waals surface area contributed by atoms with E-state index in [0.29, 0.717) is 19.0 Å². The van der Waals surface area contributed by atoms with Gasteiger partial charge in [-0.25, -0.2) is 4.98 Å². The summed E-state index contributed by atoms with van der Waals surface area (Å²) < 4.78 is 7.23. The van der Waals surface area contributed by atoms with Gasteiger partial charge in [0.1, 0.15) is 0 Å². The Labute approximate surface area is 171 Å². The number of carbonyl (C=O) groups excluding carboxylic acids is 1. The van der Waals surface area contributed by atoms with E-state index in [1.165, 1.54) is 0 Å². The molecule has 9 heteroatoms. The second kappa shape index (κ2) is 9.07. The molecule has 0 unspecified atom stereocenters. The van der Waals surface area contributed by atoms with Crippen LogP contribution in [0.5, 0.6) is 5.88 Å². The largest absolute Gasteiger partial charge is 0.468 e. The Morgan fingerprint density at radius 3 is 2.83 bits per heavy atom. The summed E-state index contributed by atoms with van der Waals surface area (Å²) in [4.78, 5) is 25.7. The Morgan fingerprint density at radius 1 is 1.10 bits per heavy atom. The van der Waals surface area contributed by atoms with Crippen molar-refractivity contribution in [1.29, 1.82) is 0 Å². The average Bonchev–Trinajstić information content (AvgIpc) is 3.43. The number of ether oxygens (including phenoxy) is 1. The molecule has 4 heterocycles. The highest BCUT2D eigenvalue weighted by Crippen LogP contribution is 2.33. The van der Waals surface area contributed by atoms with Crippen LogP contribution in [0.1, 0.15) is 0 Å². The van der Waals surface area contributed by atoms with Crippen LogP contribution in [0.3, 0.4) is 0 Å². The van der Waals surface area contributed by atoms with E-state index in [9.17, 15) is 4.79 Å². The lowest BCUT2D eigenvalue weighted by Crippen LogP contribution is -2.32. The van der Waals surface area contributed by atoms with Gasteiger partial charge in [0.2, 0.25) is 5.88 Å². The Hall–Kier alpha value is -3.59. The fourth-order valence-corrected chi connectivity index (χ4v) is 3.57. The zero-order valence-corrected chi connectivity index (χ0v) is 16.2. The minimum Gasteiger partial charge on any atom is -0.468 e. The molecule has 0 spiro atoms. The molecule has 1 amide bonds. The summed E-state index contributed by atoms with van der Waals surface area (Å²) in [5.41, 5.74) is 2.62. The smallest absolute Gasteiger partial charge is 0.258 e. The van der Waals surface area contributed by atoms with Crippen molar-refractivity contribution in [3.63, 3.8) is 0 Å². The van der Waals surface area contributed by atoms with Gasteiger partial charge in [-0.2, -0.15) is 5.10 Å². The first-order valence-corrected chi connectivity index (χ1v) is 9.86. The normalized spacial score (nSPS) is 10.6. The Bertz CT molecular complexity index is 1050. The molecule has 0 aliphatic rings. The summed E-state index contributed by atoms with van der Waals surface area (Å²) in [5, 5.41) is 9.37. The van der Waals surface area contributed by atoms with E-state index in [1.807, 2.05) is 22.2 Å². The number of nitrogens with zero attached hydrogens (tertiary/aromatic N) is 5. The first kappa shape index (κ1) is 18.8. The van der Waals surface area contributed by atoms with Gasteiger partial charge >= 0.3 is 0 Å². The Kier molecular flexibility index (Phi) is 5.87. The van der Waals surface area contributed by atoms with Crippen LogP contribution in [0.2, 0.25) is 0 Å². The highest BCUT2D eigenvalue weighted by molar-refractivity contribution is 7.13. The maximum atomic E-state index is 12.0. The van der Waals surface area contributed by atoms with Gasteiger partial charge in [-0.3, -0.25) is 19.4 Å². The second-order valence-corrected chi connectivity index (χ2v) is 6.95. The first-order chi connectivity index (χ1) is 14.3. The van der Waals surface area contributed by atoms with Gasteiger partial charge in [-0.1, -0.05) is 12.1 Å². The SMILES string of the molecule is O=C(COc1ccccn1)NCCn1ncc(-c2cnccn2)c1-c1cccs1. The summed E-state index contributed by atoms with van der Waals surface area (Å²) in [6.45, 7) is 0.853. The van der Waals surface area contributed by atoms with Crippen molar-refractivity contribution < 1.29 is 9.53 Å². The number of nitrogens with one attached hydrogen (secondary N) is 1. The summed E-state index contributed by atoms with van der Waals surface area (Å²) in [6, 6.07) is 9.33. The predicted octanol–water partition coefficient (Wildman–Crippen LogP) is 2.66. The van der Waals surface area contributed by atoms with Crippen LogP contribution in [0.25, 0.3) is 21.8 Å². The monoisotopic (exact) mass is 406 g/mol. The van der Waals surface area contributed by atoms with E-state index in [-0.39, 0.29) is 12.5 Å². The van der Waals surface area contributed by atoms with Gasteiger partial charge < -0.3 is 10.1 Å². The number of hydrogen-bond donors (Lipinski definition) is 1. The standard InChI is InChI=1S/C20H18N6O2S/c27-18(14-28-19-5-1-2-6-24-19)23-9-10-26-20(17-4-3-11-29-17)15(12-25-26)16-13-21-7-8-22-16/h1-8,11-13H,9-10,14H2,(H,23,27). The molecule has 8 nitrogen and oxygen atoms in total. The van der Waals surface area contributed by atoms with Crippen LogP contribution in [0.15, 0.2) is 66.7 Å². The number of amides is 1. The van der Waals surface area contributed by atoms with Crippen LogP contribution >= 0.6 is 11.3 Å². The first-order valence-electron chi connectivity index (χ1n) is 8.98. The maximum absolute atomic E-state index is 12.0. The van der Waals surface area contributed by atoms with E-state index in [2.05, 4.69) is 25.4 Å². The molecule has 146 valence electrons. The molecule has 0 fully saturated rings. The van der Waals surface area contributed by atoms with E-state index in [4.69, 9.17) is 4.74 Å². The van der Waals surface area contributed by atoms with Crippen molar-refractivity contribution in [2.45, 2.75) is 6.54 Å². The summed E-state index contributed by atoms with van der Waals surface area (Å²) in [5.74, 6) is 0.206. The third-order valence-electron chi connectivity index (χ3n) is 4.07. The van der Waals surface area contributed by atoms with Crippen molar-refractivity contribution >= 4 is 17.2 Å². The van der Waals surface area contributed by atoms with Gasteiger partial charge in [0.15, 0.2) is 6.61 Å². The molecule has 1 N–H and O–H groups in total. The van der Waals surface area contributed by atoms with Gasteiger partial charge in [-0.15, -0.1) is 11.3 Å². The lowest BCUT2D eigenvalue weighted by Gasteiger charge is -2.10. The number of hydrogen-bond acceptors (Lipinski definition) is 7. The lowest BCUT2D eigenvalue weighted by molar-refractivity contribution is -0.123. The molecular weight excluding hydrogens is 388 g/mol. The molecule has 0 radical (unpaired) electrons. The highest BCUT2D eigenvalue weighted by atomic mass is 32.1. The minimum atomic E-state index is -0.213. The Morgan fingerprint density at radius 2 is 2.07 bits per heavy atom. The topological polar surface area (TPSA) is 94.8 Å². The second-order valence-electron chi connectivity index (χ2n) is 6.00. The zero-order chi connectivity index (χ0) is 19.9. The summed E-state index contributed by atoms with van der Waals surface area (Å²) >= 11 is 1.63. The van der Waals surface area contributed by atoms with Gasteiger partial charge in [0.25, 0.3) is 5.91 Å². The molecule has 0 saturated heterocycles. The van der Waals surface area contributed by atoms with Crippen molar-refractivity contribution in [2.24, 2.45) is 0 Å². The van der Waals surface area contributed by atoms with Crippen molar-refractivity contribution in [3.05, 3.63) is 66.7 Å². The Balaban J connectivity index is 1.41. The molecule has 4 rings (SSSR count). The molecule has 0 bridgehead atoms. The predicted molar refractivity (Wildman–Crippen MR) is 109 cm³/mol. The number of aromatic nitrogens is 5. The van der Waals surface area contributed by atoms with E-state index >= 15 is 0 Å². The quantitative estimate of drug-likeness (QED) is 0.483. The zero-order valence-electron chi connectivity index (χ0n) is 15.4. The number of rotatable bonds is 8. The average molecular weight is 406 g/mol. The third-order valence-corrected chi connectivity index (χ3v) is 4.94. The molecule has 29 heavy (non-hydrogen) atoms. The van der Waals surface area contributed by atoms with E-state index in [0.717, 1.165) is 21.8 Å². The van der Waals surface area contributed by atoms with E-state index in [1.54, 1.807) is 60.5 Å². The molecule has 0 saturated carbocycles. The molecule has 0 aliphatic carbocycles. The fourth-order valence-electron chi connectivity index (χ4n) is 2.78. The number of pyridine rings is 1. The molecule has 0 aromatic carbocycles. The van der Waals surface area contributed by atoms with Crippen molar-refractivity contribution in [1.82, 2.24) is 30.0 Å². The highest BCUT2D eigenvalue weighted by Gasteiger charge is 2.16. The number of carbonyl (C=O) groups is 1. The minimum absolute atomic E-state index is 0.0846.